The van der Waals surface area contributed by atoms with Gasteiger partial charge >= 0.3 is 0 Å². The first kappa shape index (κ1) is 13.0. The first-order valence-electron chi connectivity index (χ1n) is 5.98. The smallest absolute Gasteiger partial charge is 0.229 e. The van der Waals surface area contributed by atoms with Crippen LogP contribution >= 0.6 is 0 Å². The van der Waals surface area contributed by atoms with Crippen LogP contribution in [0.2, 0.25) is 0 Å². The van der Waals surface area contributed by atoms with Crippen LogP contribution in [0.4, 0.5) is 11.9 Å². The summed E-state index contributed by atoms with van der Waals surface area (Å²) in [5.74, 6) is 1.43. The van der Waals surface area contributed by atoms with Crippen molar-refractivity contribution in [3.63, 3.8) is 0 Å². The second kappa shape index (κ2) is 4.66. The molecule has 18 heavy (non-hydrogen) atoms. The van der Waals surface area contributed by atoms with Crippen LogP contribution in [0.5, 0.6) is 0 Å². The van der Waals surface area contributed by atoms with Gasteiger partial charge in [0.2, 0.25) is 11.9 Å². The molecule has 0 saturated carbocycles. The molecule has 0 bridgehead atoms. The summed E-state index contributed by atoms with van der Waals surface area (Å²) in [5, 5.41) is 9.91. The lowest BCUT2D eigenvalue weighted by Gasteiger charge is -2.18. The van der Waals surface area contributed by atoms with Gasteiger partial charge in [0, 0.05) is 27.2 Å². The van der Waals surface area contributed by atoms with Crippen LogP contribution in [0.25, 0.3) is 0 Å². The van der Waals surface area contributed by atoms with Crippen molar-refractivity contribution in [3.8, 4) is 0 Å². The van der Waals surface area contributed by atoms with Crippen molar-refractivity contribution < 1.29 is 5.11 Å². The molecule has 1 atom stereocenters. The fraction of sp³-hybridized carbons (Fsp3) is 0.727. The van der Waals surface area contributed by atoms with Gasteiger partial charge in [-0.05, 0) is 13.3 Å². The van der Waals surface area contributed by atoms with E-state index in [1.165, 1.54) is 0 Å². The molecule has 0 spiro atoms. The summed E-state index contributed by atoms with van der Waals surface area (Å²) in [7, 11) is 3.72. The van der Waals surface area contributed by atoms with Crippen molar-refractivity contribution in [2.75, 3.05) is 37.8 Å². The molecule has 7 heteroatoms. The third kappa shape index (κ3) is 3.05. The Morgan fingerprint density at radius 2 is 2.11 bits per heavy atom. The highest BCUT2D eigenvalue weighted by Crippen LogP contribution is 2.21. The van der Waals surface area contributed by atoms with Crippen LogP contribution < -0.4 is 10.6 Å². The van der Waals surface area contributed by atoms with E-state index < -0.39 is 5.60 Å². The zero-order valence-electron chi connectivity index (χ0n) is 11.1. The van der Waals surface area contributed by atoms with E-state index in [4.69, 9.17) is 5.73 Å². The molecule has 1 aliphatic heterocycles. The molecule has 0 aliphatic carbocycles. The monoisotopic (exact) mass is 252 g/mol. The van der Waals surface area contributed by atoms with Crippen LogP contribution in [0.1, 0.15) is 19.2 Å². The third-order valence-electron chi connectivity index (χ3n) is 2.98. The Kier molecular flexibility index (Phi) is 3.36. The van der Waals surface area contributed by atoms with E-state index in [0.29, 0.717) is 24.9 Å². The van der Waals surface area contributed by atoms with Crippen molar-refractivity contribution in [1.29, 1.82) is 0 Å². The van der Waals surface area contributed by atoms with Crippen molar-refractivity contribution >= 4 is 11.9 Å². The lowest BCUT2D eigenvalue weighted by Crippen LogP contribution is -2.30. The predicted octanol–water partition coefficient (Wildman–Crippen LogP) is -0.523. The van der Waals surface area contributed by atoms with Crippen LogP contribution in [0.15, 0.2) is 0 Å². The molecule has 0 radical (unpaired) electrons. The fourth-order valence-corrected chi connectivity index (χ4v) is 2.07. The molecule has 1 fully saturated rings. The molecule has 1 saturated heterocycles. The fourth-order valence-electron chi connectivity index (χ4n) is 2.07. The topological polar surface area (TPSA) is 91.4 Å². The molecule has 2 heterocycles. The molecule has 1 aromatic heterocycles. The van der Waals surface area contributed by atoms with Crippen LogP contribution in [0.3, 0.4) is 0 Å². The quantitative estimate of drug-likeness (QED) is 0.747. The summed E-state index contributed by atoms with van der Waals surface area (Å²) < 4.78 is 0. The summed E-state index contributed by atoms with van der Waals surface area (Å²) >= 11 is 0. The van der Waals surface area contributed by atoms with Crippen LogP contribution in [0, 0.1) is 0 Å². The zero-order chi connectivity index (χ0) is 13.3. The van der Waals surface area contributed by atoms with E-state index in [1.54, 1.807) is 4.90 Å². The van der Waals surface area contributed by atoms with Gasteiger partial charge in [-0.1, -0.05) is 0 Å². The van der Waals surface area contributed by atoms with Gasteiger partial charge in [0.05, 0.1) is 12.1 Å². The van der Waals surface area contributed by atoms with Gasteiger partial charge < -0.3 is 15.7 Å². The summed E-state index contributed by atoms with van der Waals surface area (Å²) in [4.78, 5) is 16.4. The van der Waals surface area contributed by atoms with Crippen molar-refractivity contribution in [2.24, 2.45) is 0 Å². The number of aliphatic hydroxyl groups is 1. The number of hydrogen-bond acceptors (Lipinski definition) is 7. The average Bonchev–Trinajstić information content (AvgIpc) is 2.57. The number of likely N-dealkylation sites (tertiary alicyclic amines) is 1. The normalized spacial score (nSPS) is 24.4. The molecule has 7 nitrogen and oxygen atoms in total. The number of hydrogen-bond donors (Lipinski definition) is 2. The number of anilines is 2. The van der Waals surface area contributed by atoms with Gasteiger partial charge in [0.1, 0.15) is 5.82 Å². The number of nitrogen functional groups attached to an aromatic ring is 1. The molecule has 3 N–H and O–H groups in total. The Hall–Kier alpha value is -1.47. The summed E-state index contributed by atoms with van der Waals surface area (Å²) in [6.07, 6.45) is 0.772. The lowest BCUT2D eigenvalue weighted by atomic mass is 10.1. The minimum Gasteiger partial charge on any atom is -0.389 e. The molecule has 0 aromatic carbocycles. The zero-order valence-corrected chi connectivity index (χ0v) is 11.1. The molecular weight excluding hydrogens is 232 g/mol. The van der Waals surface area contributed by atoms with Crippen LogP contribution in [-0.4, -0.2) is 57.7 Å². The van der Waals surface area contributed by atoms with Gasteiger partial charge in [-0.3, -0.25) is 4.90 Å². The Bertz CT molecular complexity index is 434. The third-order valence-corrected chi connectivity index (χ3v) is 2.98. The highest BCUT2D eigenvalue weighted by atomic mass is 16.3. The van der Waals surface area contributed by atoms with E-state index in [-0.39, 0.29) is 5.95 Å². The molecule has 100 valence electrons. The van der Waals surface area contributed by atoms with E-state index in [9.17, 15) is 5.11 Å². The Labute approximate surface area is 107 Å². The minimum atomic E-state index is -0.608. The van der Waals surface area contributed by atoms with Gasteiger partial charge in [-0.25, -0.2) is 0 Å². The van der Waals surface area contributed by atoms with E-state index in [1.807, 2.05) is 21.0 Å². The van der Waals surface area contributed by atoms with Crippen molar-refractivity contribution in [1.82, 2.24) is 19.9 Å². The van der Waals surface area contributed by atoms with Crippen molar-refractivity contribution in [3.05, 3.63) is 5.82 Å². The number of nitrogens with zero attached hydrogens (tertiary/aromatic N) is 5. The summed E-state index contributed by atoms with van der Waals surface area (Å²) in [6, 6.07) is 0. The highest BCUT2D eigenvalue weighted by molar-refractivity contribution is 5.32. The Morgan fingerprint density at radius 1 is 1.39 bits per heavy atom. The van der Waals surface area contributed by atoms with E-state index in [2.05, 4.69) is 19.9 Å². The largest absolute Gasteiger partial charge is 0.389 e. The molecule has 1 unspecified atom stereocenters. The predicted molar refractivity (Wildman–Crippen MR) is 69.1 cm³/mol. The molecule has 1 aromatic rings. The number of β-amino-alcohol motifs (C(OH)–C–C–N with tert-alkyl or cyclic N) is 1. The first-order valence-corrected chi connectivity index (χ1v) is 5.98. The standard InChI is InChI=1S/C11H20N6O/c1-11(18)4-5-17(7-11)6-8-13-9(12)15-10(14-8)16(2)3/h18H,4-7H2,1-3H3,(H2,12,13,14,15). The minimum absolute atomic E-state index is 0.231. The van der Waals surface area contributed by atoms with Crippen LogP contribution in [-0.2, 0) is 6.54 Å². The maximum Gasteiger partial charge on any atom is 0.229 e. The average molecular weight is 252 g/mol. The number of nitrogens with two attached hydrogens (primary N) is 1. The first-order chi connectivity index (χ1) is 8.35. The van der Waals surface area contributed by atoms with Gasteiger partial charge in [0.25, 0.3) is 0 Å². The Morgan fingerprint density at radius 3 is 2.67 bits per heavy atom. The molecular formula is C11H20N6O. The van der Waals surface area contributed by atoms with E-state index >= 15 is 0 Å². The van der Waals surface area contributed by atoms with Gasteiger partial charge in [0.15, 0.2) is 0 Å². The second-order valence-corrected chi connectivity index (χ2v) is 5.26. The maximum absolute atomic E-state index is 9.91. The maximum atomic E-state index is 9.91. The summed E-state index contributed by atoms with van der Waals surface area (Å²) in [5.41, 5.74) is 5.06. The number of aromatic nitrogens is 3. The highest BCUT2D eigenvalue weighted by Gasteiger charge is 2.31. The van der Waals surface area contributed by atoms with Crippen molar-refractivity contribution in [2.45, 2.75) is 25.5 Å². The number of rotatable bonds is 3. The Balaban J connectivity index is 2.10. The molecule has 2 rings (SSSR count). The summed E-state index contributed by atoms with van der Waals surface area (Å²) in [6.45, 7) is 3.91. The SMILES string of the molecule is CN(C)c1nc(N)nc(CN2CCC(C)(O)C2)n1. The van der Waals surface area contributed by atoms with Gasteiger partial charge in [-0.2, -0.15) is 15.0 Å². The van der Waals surface area contributed by atoms with Gasteiger partial charge in [-0.15, -0.1) is 0 Å². The molecule has 0 amide bonds. The second-order valence-electron chi connectivity index (χ2n) is 5.26. The lowest BCUT2D eigenvalue weighted by molar-refractivity contribution is 0.0676. The molecule has 1 aliphatic rings. The van der Waals surface area contributed by atoms with E-state index in [0.717, 1.165) is 13.0 Å².